The third kappa shape index (κ3) is 4.37. The number of aliphatic hydroxyl groups is 1. The lowest BCUT2D eigenvalue weighted by Gasteiger charge is -2.25. The lowest BCUT2D eigenvalue weighted by Crippen LogP contribution is -2.32. The second kappa shape index (κ2) is 8.25. The van der Waals surface area contributed by atoms with Gasteiger partial charge in [-0.1, -0.05) is 60.7 Å². The van der Waals surface area contributed by atoms with E-state index in [2.05, 4.69) is 5.32 Å². The average Bonchev–Trinajstić information content (AvgIpc) is 2.72. The highest BCUT2D eigenvalue weighted by atomic mass is 16.6. The molecule has 0 radical (unpaired) electrons. The molecule has 0 saturated heterocycles. The number of carbonyl (C=O) groups excluding carboxylic acids is 1. The number of benzene rings is 3. The summed E-state index contributed by atoms with van der Waals surface area (Å²) < 4.78 is 0. The minimum absolute atomic E-state index is 0.0875. The average molecular weight is 362 g/mol. The Labute approximate surface area is 156 Å². The van der Waals surface area contributed by atoms with E-state index in [9.17, 15) is 20.0 Å². The van der Waals surface area contributed by atoms with Crippen LogP contribution in [0.5, 0.6) is 0 Å². The SMILES string of the molecule is O=C(NC(c1ccccc1)C(O)c1ccccc1)c1ccc([N+](=O)[O-])cc1. The third-order valence-corrected chi connectivity index (χ3v) is 4.24. The molecule has 0 saturated carbocycles. The topological polar surface area (TPSA) is 92.5 Å². The maximum absolute atomic E-state index is 12.7. The molecular weight excluding hydrogens is 344 g/mol. The zero-order chi connectivity index (χ0) is 19.2. The fraction of sp³-hybridized carbons (Fsp3) is 0.0952. The first-order valence-corrected chi connectivity index (χ1v) is 8.39. The highest BCUT2D eigenvalue weighted by molar-refractivity contribution is 5.94. The van der Waals surface area contributed by atoms with Crippen LogP contribution >= 0.6 is 0 Å². The molecule has 1 amide bonds. The lowest BCUT2D eigenvalue weighted by atomic mass is 9.95. The highest BCUT2D eigenvalue weighted by Crippen LogP contribution is 2.29. The van der Waals surface area contributed by atoms with E-state index >= 15 is 0 Å². The Morgan fingerprint density at radius 3 is 1.89 bits per heavy atom. The van der Waals surface area contributed by atoms with Crippen LogP contribution in [-0.4, -0.2) is 15.9 Å². The normalized spacial score (nSPS) is 12.8. The molecule has 0 spiro atoms. The van der Waals surface area contributed by atoms with Gasteiger partial charge < -0.3 is 10.4 Å². The summed E-state index contributed by atoms with van der Waals surface area (Å²) in [6, 6.07) is 22.9. The summed E-state index contributed by atoms with van der Waals surface area (Å²) in [6.45, 7) is 0. The Kier molecular flexibility index (Phi) is 5.58. The van der Waals surface area contributed by atoms with Gasteiger partial charge in [-0.3, -0.25) is 14.9 Å². The second-order valence-electron chi connectivity index (χ2n) is 6.02. The number of hydrogen-bond donors (Lipinski definition) is 2. The number of nitro groups is 1. The minimum Gasteiger partial charge on any atom is -0.386 e. The van der Waals surface area contributed by atoms with Crippen LogP contribution in [-0.2, 0) is 0 Å². The van der Waals surface area contributed by atoms with Crippen molar-refractivity contribution in [1.29, 1.82) is 0 Å². The first-order chi connectivity index (χ1) is 13.1. The molecule has 3 rings (SSSR count). The molecule has 0 aliphatic heterocycles. The van der Waals surface area contributed by atoms with Crippen molar-refractivity contribution >= 4 is 11.6 Å². The van der Waals surface area contributed by atoms with Gasteiger partial charge in [0.1, 0.15) is 6.10 Å². The summed E-state index contributed by atoms with van der Waals surface area (Å²) >= 11 is 0. The van der Waals surface area contributed by atoms with Gasteiger partial charge in [0.05, 0.1) is 11.0 Å². The van der Waals surface area contributed by atoms with Crippen molar-refractivity contribution in [1.82, 2.24) is 5.32 Å². The number of rotatable bonds is 6. The molecule has 0 bridgehead atoms. The summed E-state index contributed by atoms with van der Waals surface area (Å²) in [4.78, 5) is 22.9. The van der Waals surface area contributed by atoms with Gasteiger partial charge in [-0.2, -0.15) is 0 Å². The number of nitro benzene ring substituents is 1. The van der Waals surface area contributed by atoms with Gasteiger partial charge in [-0.15, -0.1) is 0 Å². The van der Waals surface area contributed by atoms with Gasteiger partial charge in [0.2, 0.25) is 0 Å². The van der Waals surface area contributed by atoms with E-state index in [1.807, 2.05) is 48.5 Å². The lowest BCUT2D eigenvalue weighted by molar-refractivity contribution is -0.384. The number of non-ortho nitro benzene ring substituents is 1. The molecule has 0 aliphatic rings. The van der Waals surface area contributed by atoms with Crippen molar-refractivity contribution in [2.75, 3.05) is 0 Å². The smallest absolute Gasteiger partial charge is 0.269 e. The molecule has 2 N–H and O–H groups in total. The molecule has 6 nitrogen and oxygen atoms in total. The van der Waals surface area contributed by atoms with E-state index in [-0.39, 0.29) is 11.3 Å². The molecule has 27 heavy (non-hydrogen) atoms. The Hall–Kier alpha value is -3.51. The Balaban J connectivity index is 1.87. The number of aliphatic hydroxyl groups excluding tert-OH is 1. The van der Waals surface area contributed by atoms with Crippen LogP contribution in [0.25, 0.3) is 0 Å². The minimum atomic E-state index is -0.949. The Morgan fingerprint density at radius 2 is 1.37 bits per heavy atom. The maximum atomic E-state index is 12.7. The van der Waals surface area contributed by atoms with E-state index in [1.165, 1.54) is 24.3 Å². The summed E-state index contributed by atoms with van der Waals surface area (Å²) in [7, 11) is 0. The molecule has 3 aromatic carbocycles. The summed E-state index contributed by atoms with van der Waals surface area (Å²) in [5, 5.41) is 24.4. The van der Waals surface area contributed by atoms with Crippen molar-refractivity contribution < 1.29 is 14.8 Å². The molecule has 0 aliphatic carbocycles. The van der Waals surface area contributed by atoms with Gasteiger partial charge in [-0.25, -0.2) is 0 Å². The summed E-state index contributed by atoms with van der Waals surface area (Å²) in [5.41, 5.74) is 1.62. The number of nitrogens with zero attached hydrogens (tertiary/aromatic N) is 1. The van der Waals surface area contributed by atoms with Gasteiger partial charge >= 0.3 is 0 Å². The summed E-state index contributed by atoms with van der Waals surface area (Å²) in [5.74, 6) is -0.422. The number of carbonyl (C=O) groups is 1. The first-order valence-electron chi connectivity index (χ1n) is 8.39. The molecule has 3 aromatic rings. The van der Waals surface area contributed by atoms with Crippen LogP contribution in [0.2, 0.25) is 0 Å². The number of nitrogens with one attached hydrogen (secondary N) is 1. The molecule has 0 fully saturated rings. The zero-order valence-electron chi connectivity index (χ0n) is 14.4. The van der Waals surface area contributed by atoms with E-state index in [1.54, 1.807) is 12.1 Å². The van der Waals surface area contributed by atoms with Crippen molar-refractivity contribution in [3.05, 3.63) is 112 Å². The van der Waals surface area contributed by atoms with E-state index in [0.717, 1.165) is 5.56 Å². The first kappa shape index (κ1) is 18.3. The Morgan fingerprint density at radius 1 is 0.852 bits per heavy atom. The van der Waals surface area contributed by atoms with Crippen LogP contribution in [0, 0.1) is 10.1 Å². The Bertz CT molecular complexity index is 912. The predicted molar refractivity (Wildman–Crippen MR) is 101 cm³/mol. The van der Waals surface area contributed by atoms with Crippen molar-refractivity contribution in [2.24, 2.45) is 0 Å². The van der Waals surface area contributed by atoms with Crippen LogP contribution in [0.15, 0.2) is 84.9 Å². The zero-order valence-corrected chi connectivity index (χ0v) is 14.4. The van der Waals surface area contributed by atoms with Gasteiger partial charge in [0.15, 0.2) is 0 Å². The number of hydrogen-bond acceptors (Lipinski definition) is 4. The quantitative estimate of drug-likeness (QED) is 0.515. The van der Waals surface area contributed by atoms with Gasteiger partial charge in [0, 0.05) is 17.7 Å². The van der Waals surface area contributed by atoms with Crippen LogP contribution in [0.3, 0.4) is 0 Å². The molecule has 136 valence electrons. The van der Waals surface area contributed by atoms with Crippen molar-refractivity contribution in [2.45, 2.75) is 12.1 Å². The summed E-state index contributed by atoms with van der Waals surface area (Å²) in [6.07, 6.45) is -0.949. The standard InChI is InChI=1S/C21H18N2O4/c24-20(16-9-5-2-6-10-16)19(15-7-3-1-4-8-15)22-21(25)17-11-13-18(14-12-17)23(26)27/h1-14,19-20,24H,(H,22,25). The third-order valence-electron chi connectivity index (χ3n) is 4.24. The molecule has 6 heteroatoms. The van der Waals surface area contributed by atoms with Crippen molar-refractivity contribution in [3.8, 4) is 0 Å². The van der Waals surface area contributed by atoms with E-state index in [0.29, 0.717) is 5.56 Å². The second-order valence-corrected chi connectivity index (χ2v) is 6.02. The van der Waals surface area contributed by atoms with E-state index in [4.69, 9.17) is 0 Å². The highest BCUT2D eigenvalue weighted by Gasteiger charge is 2.25. The van der Waals surface area contributed by atoms with Crippen molar-refractivity contribution in [3.63, 3.8) is 0 Å². The predicted octanol–water partition coefficient (Wildman–Crippen LogP) is 3.80. The number of amides is 1. The fourth-order valence-corrected chi connectivity index (χ4v) is 2.81. The molecule has 2 atom stereocenters. The van der Waals surface area contributed by atoms with Crippen LogP contribution in [0.4, 0.5) is 5.69 Å². The molecule has 2 unspecified atom stereocenters. The molecular formula is C21H18N2O4. The largest absolute Gasteiger partial charge is 0.386 e. The maximum Gasteiger partial charge on any atom is 0.269 e. The monoisotopic (exact) mass is 362 g/mol. The molecule has 0 aromatic heterocycles. The van der Waals surface area contributed by atoms with Gasteiger partial charge in [-0.05, 0) is 23.3 Å². The van der Waals surface area contributed by atoms with Crippen LogP contribution in [0.1, 0.15) is 33.6 Å². The van der Waals surface area contributed by atoms with Crippen LogP contribution < -0.4 is 5.32 Å². The van der Waals surface area contributed by atoms with Gasteiger partial charge in [0.25, 0.3) is 11.6 Å². The molecule has 0 heterocycles. The fourth-order valence-electron chi connectivity index (χ4n) is 2.81. The van der Waals surface area contributed by atoms with E-state index < -0.39 is 23.0 Å².